The van der Waals surface area contributed by atoms with Crippen LogP contribution < -0.4 is 0 Å². The predicted octanol–water partition coefficient (Wildman–Crippen LogP) is 4.85. The van der Waals surface area contributed by atoms with Gasteiger partial charge in [0.25, 0.3) is 0 Å². The third-order valence-corrected chi connectivity index (χ3v) is 3.29. The Labute approximate surface area is 125 Å². The summed E-state index contributed by atoms with van der Waals surface area (Å²) in [5.74, 6) is 0. The SMILES string of the molecule is CC=C(C)C.CCN1CCCCC1.Cc1ccccn1. The summed E-state index contributed by atoms with van der Waals surface area (Å²) in [5, 5.41) is 0. The monoisotopic (exact) mass is 276 g/mol. The molecule has 0 radical (unpaired) electrons. The Balaban J connectivity index is 0.000000280. The molecule has 0 bridgehead atoms. The van der Waals surface area contributed by atoms with E-state index in [9.17, 15) is 0 Å². The van der Waals surface area contributed by atoms with E-state index < -0.39 is 0 Å². The number of aromatic nitrogens is 1. The Bertz CT molecular complexity index is 334. The molecule has 0 aromatic carbocycles. The van der Waals surface area contributed by atoms with E-state index in [0.29, 0.717) is 0 Å². The van der Waals surface area contributed by atoms with E-state index in [4.69, 9.17) is 0 Å². The number of piperidine rings is 1. The van der Waals surface area contributed by atoms with Crippen LogP contribution in [-0.2, 0) is 0 Å². The van der Waals surface area contributed by atoms with Crippen LogP contribution in [0.4, 0.5) is 0 Å². The van der Waals surface area contributed by atoms with Gasteiger partial charge in [-0.1, -0.05) is 31.1 Å². The molecule has 114 valence electrons. The standard InChI is InChI=1S/C7H15N.C6H7N.C5H10/c1-2-8-6-4-3-5-7-8;1-6-4-2-3-5-7-6;1-4-5(2)3/h2-7H2,1H3;2-5H,1H3;4H,1-3H3. The largest absolute Gasteiger partial charge is 0.304 e. The molecule has 0 aliphatic carbocycles. The van der Waals surface area contributed by atoms with Crippen molar-refractivity contribution in [1.82, 2.24) is 9.88 Å². The maximum atomic E-state index is 3.98. The molecular formula is C18H32N2. The number of allylic oxidation sites excluding steroid dienone is 2. The second kappa shape index (κ2) is 12.9. The topological polar surface area (TPSA) is 16.1 Å². The highest BCUT2D eigenvalue weighted by atomic mass is 15.1. The lowest BCUT2D eigenvalue weighted by atomic mass is 10.1. The highest BCUT2D eigenvalue weighted by Gasteiger charge is 2.05. The molecule has 1 aromatic heterocycles. The summed E-state index contributed by atoms with van der Waals surface area (Å²) in [4.78, 5) is 6.50. The minimum atomic E-state index is 1.07. The first kappa shape index (κ1) is 18.9. The van der Waals surface area contributed by atoms with E-state index in [1.54, 1.807) is 6.20 Å². The fraction of sp³-hybridized carbons (Fsp3) is 0.611. The van der Waals surface area contributed by atoms with Crippen LogP contribution in [0.2, 0.25) is 0 Å². The molecule has 2 heterocycles. The predicted molar refractivity (Wildman–Crippen MR) is 90.0 cm³/mol. The van der Waals surface area contributed by atoms with Crippen LogP contribution in [0.1, 0.15) is 52.7 Å². The summed E-state index contributed by atoms with van der Waals surface area (Å²) in [7, 11) is 0. The summed E-state index contributed by atoms with van der Waals surface area (Å²) < 4.78 is 0. The Hall–Kier alpha value is -1.15. The molecular weight excluding hydrogens is 244 g/mol. The summed E-state index contributed by atoms with van der Waals surface area (Å²) in [5.41, 5.74) is 2.45. The lowest BCUT2D eigenvalue weighted by Gasteiger charge is -2.24. The van der Waals surface area contributed by atoms with Crippen LogP contribution in [0, 0.1) is 6.92 Å². The molecule has 0 saturated carbocycles. The molecule has 0 unspecified atom stereocenters. The van der Waals surface area contributed by atoms with E-state index in [1.807, 2.05) is 32.0 Å². The van der Waals surface area contributed by atoms with Crippen molar-refractivity contribution in [3.8, 4) is 0 Å². The van der Waals surface area contributed by atoms with E-state index >= 15 is 0 Å². The van der Waals surface area contributed by atoms with Crippen molar-refractivity contribution in [2.24, 2.45) is 0 Å². The number of aryl methyl sites for hydroxylation is 1. The number of hydrogen-bond acceptors (Lipinski definition) is 2. The first-order valence-electron chi connectivity index (χ1n) is 7.79. The average Bonchev–Trinajstić information content (AvgIpc) is 2.50. The maximum Gasteiger partial charge on any atom is 0.0372 e. The summed E-state index contributed by atoms with van der Waals surface area (Å²) in [6, 6.07) is 5.86. The first-order valence-corrected chi connectivity index (χ1v) is 7.79. The van der Waals surface area contributed by atoms with E-state index in [0.717, 1.165) is 5.69 Å². The van der Waals surface area contributed by atoms with E-state index in [1.165, 1.54) is 44.5 Å². The fourth-order valence-electron chi connectivity index (χ4n) is 1.72. The van der Waals surface area contributed by atoms with Gasteiger partial charge in [0.2, 0.25) is 0 Å². The van der Waals surface area contributed by atoms with Crippen LogP contribution in [0.5, 0.6) is 0 Å². The average molecular weight is 276 g/mol. The van der Waals surface area contributed by atoms with Gasteiger partial charge in [0.15, 0.2) is 0 Å². The minimum absolute atomic E-state index is 1.07. The van der Waals surface area contributed by atoms with Crippen LogP contribution in [-0.4, -0.2) is 29.5 Å². The Morgan fingerprint density at radius 3 is 2.05 bits per heavy atom. The smallest absolute Gasteiger partial charge is 0.0372 e. The van der Waals surface area contributed by atoms with Crippen molar-refractivity contribution in [3.63, 3.8) is 0 Å². The van der Waals surface area contributed by atoms with Crippen molar-refractivity contribution in [3.05, 3.63) is 41.7 Å². The lowest BCUT2D eigenvalue weighted by molar-refractivity contribution is 0.240. The highest BCUT2D eigenvalue weighted by molar-refractivity contribution is 4.99. The molecule has 2 heteroatoms. The molecule has 1 aliphatic rings. The van der Waals surface area contributed by atoms with Gasteiger partial charge in [-0.25, -0.2) is 0 Å². The minimum Gasteiger partial charge on any atom is -0.304 e. The molecule has 1 aromatic rings. The molecule has 1 aliphatic heterocycles. The molecule has 0 amide bonds. The maximum absolute atomic E-state index is 3.98. The van der Waals surface area contributed by atoms with Gasteiger partial charge in [-0.3, -0.25) is 4.98 Å². The highest BCUT2D eigenvalue weighted by Crippen LogP contribution is 2.06. The van der Waals surface area contributed by atoms with Gasteiger partial charge >= 0.3 is 0 Å². The van der Waals surface area contributed by atoms with Crippen molar-refractivity contribution in [2.45, 2.75) is 53.9 Å². The molecule has 2 nitrogen and oxygen atoms in total. The quantitative estimate of drug-likeness (QED) is 0.681. The van der Waals surface area contributed by atoms with Gasteiger partial charge in [-0.15, -0.1) is 0 Å². The number of likely N-dealkylation sites (tertiary alicyclic amines) is 1. The lowest BCUT2D eigenvalue weighted by Crippen LogP contribution is -2.29. The fourth-order valence-corrected chi connectivity index (χ4v) is 1.72. The molecule has 20 heavy (non-hydrogen) atoms. The second-order valence-electron chi connectivity index (χ2n) is 5.33. The second-order valence-corrected chi connectivity index (χ2v) is 5.33. The number of rotatable bonds is 1. The van der Waals surface area contributed by atoms with Gasteiger partial charge in [-0.05, 0) is 72.3 Å². The summed E-state index contributed by atoms with van der Waals surface area (Å²) >= 11 is 0. The van der Waals surface area contributed by atoms with E-state index in [-0.39, 0.29) is 0 Å². The summed E-state index contributed by atoms with van der Waals surface area (Å²) in [6.45, 7) is 14.4. The van der Waals surface area contributed by atoms with Crippen molar-refractivity contribution in [1.29, 1.82) is 0 Å². The number of hydrogen-bond donors (Lipinski definition) is 0. The normalized spacial score (nSPS) is 14.2. The van der Waals surface area contributed by atoms with Gasteiger partial charge in [0.1, 0.15) is 0 Å². The van der Waals surface area contributed by atoms with Crippen LogP contribution in [0.15, 0.2) is 36.0 Å². The third kappa shape index (κ3) is 11.9. The van der Waals surface area contributed by atoms with Gasteiger partial charge in [-0.2, -0.15) is 0 Å². The number of pyridine rings is 1. The Morgan fingerprint density at radius 2 is 1.80 bits per heavy atom. The van der Waals surface area contributed by atoms with Crippen LogP contribution in [0.3, 0.4) is 0 Å². The molecule has 0 atom stereocenters. The van der Waals surface area contributed by atoms with Crippen molar-refractivity contribution in [2.75, 3.05) is 19.6 Å². The van der Waals surface area contributed by atoms with E-state index in [2.05, 4.69) is 36.7 Å². The zero-order chi connectivity index (χ0) is 15.2. The zero-order valence-electron chi connectivity index (χ0n) is 14.0. The Kier molecular flexibility index (Phi) is 12.1. The van der Waals surface area contributed by atoms with Crippen LogP contribution in [0.25, 0.3) is 0 Å². The molecule has 1 fully saturated rings. The first-order chi connectivity index (χ1) is 9.60. The molecule has 1 saturated heterocycles. The van der Waals surface area contributed by atoms with Crippen LogP contribution >= 0.6 is 0 Å². The van der Waals surface area contributed by atoms with Gasteiger partial charge < -0.3 is 4.90 Å². The Morgan fingerprint density at radius 1 is 1.20 bits per heavy atom. The molecule has 0 N–H and O–H groups in total. The zero-order valence-corrected chi connectivity index (χ0v) is 14.0. The van der Waals surface area contributed by atoms with Gasteiger partial charge in [0, 0.05) is 11.9 Å². The van der Waals surface area contributed by atoms with Crippen molar-refractivity contribution >= 4 is 0 Å². The molecule has 0 spiro atoms. The van der Waals surface area contributed by atoms with Gasteiger partial charge in [0.05, 0.1) is 0 Å². The molecule has 2 rings (SSSR count). The number of nitrogens with zero attached hydrogens (tertiary/aromatic N) is 2. The summed E-state index contributed by atoms with van der Waals surface area (Å²) in [6.07, 6.45) is 8.17. The van der Waals surface area contributed by atoms with Crippen molar-refractivity contribution < 1.29 is 0 Å². The third-order valence-electron chi connectivity index (χ3n) is 3.29.